The van der Waals surface area contributed by atoms with Gasteiger partial charge >= 0.3 is 0 Å². The van der Waals surface area contributed by atoms with Crippen LogP contribution in [0.25, 0.3) is 0 Å². The molecule has 0 aromatic heterocycles. The van der Waals surface area contributed by atoms with E-state index in [1.54, 1.807) is 18.2 Å². The van der Waals surface area contributed by atoms with Gasteiger partial charge in [-0.25, -0.2) is 4.39 Å². The lowest BCUT2D eigenvalue weighted by Crippen LogP contribution is -2.50. The molecule has 0 aliphatic carbocycles. The highest BCUT2D eigenvalue weighted by Crippen LogP contribution is 2.26. The van der Waals surface area contributed by atoms with E-state index in [1.165, 1.54) is 6.07 Å². The van der Waals surface area contributed by atoms with E-state index in [9.17, 15) is 14.0 Å². The maximum absolute atomic E-state index is 13.6. The molecule has 2 aliphatic heterocycles. The summed E-state index contributed by atoms with van der Waals surface area (Å²) in [4.78, 5) is 26.0. The highest BCUT2D eigenvalue weighted by molar-refractivity contribution is 5.92. The fourth-order valence-corrected chi connectivity index (χ4v) is 3.35. The van der Waals surface area contributed by atoms with Gasteiger partial charge in [0, 0.05) is 25.0 Å². The van der Waals surface area contributed by atoms with Gasteiger partial charge in [0.1, 0.15) is 5.82 Å². The Morgan fingerprint density at radius 2 is 2.09 bits per heavy atom. The molecule has 2 aliphatic rings. The minimum atomic E-state index is -0.441. The number of para-hydroxylation sites is 1. The molecule has 2 fully saturated rings. The zero-order chi connectivity index (χ0) is 15.5. The number of halogens is 1. The lowest BCUT2D eigenvalue weighted by atomic mass is 9.94. The molecule has 3 rings (SSSR count). The molecule has 1 aromatic carbocycles. The van der Waals surface area contributed by atoms with Gasteiger partial charge in [-0.3, -0.25) is 14.5 Å². The molecule has 2 saturated heterocycles. The maximum Gasteiger partial charge on any atom is 0.238 e. The number of amides is 2. The number of benzene rings is 1. The van der Waals surface area contributed by atoms with Crippen LogP contribution in [0.5, 0.6) is 0 Å². The third-order valence-electron chi connectivity index (χ3n) is 4.44. The van der Waals surface area contributed by atoms with Crippen LogP contribution in [0.3, 0.4) is 0 Å². The smallest absolute Gasteiger partial charge is 0.238 e. The summed E-state index contributed by atoms with van der Waals surface area (Å²) in [6.07, 6.45) is 3.42. The van der Waals surface area contributed by atoms with Crippen molar-refractivity contribution in [2.24, 2.45) is 0 Å². The fraction of sp³-hybridized carbons (Fsp3) is 0.500. The van der Waals surface area contributed by atoms with Gasteiger partial charge in [-0.1, -0.05) is 18.6 Å². The first-order valence-corrected chi connectivity index (χ1v) is 7.70. The summed E-state index contributed by atoms with van der Waals surface area (Å²) in [6, 6.07) is 6.42. The second-order valence-corrected chi connectivity index (χ2v) is 5.95. The number of nitrogens with one attached hydrogen (secondary N) is 2. The van der Waals surface area contributed by atoms with Crippen molar-refractivity contribution in [3.8, 4) is 0 Å². The van der Waals surface area contributed by atoms with E-state index < -0.39 is 5.82 Å². The third kappa shape index (κ3) is 3.27. The quantitative estimate of drug-likeness (QED) is 0.890. The van der Waals surface area contributed by atoms with Crippen LogP contribution in [0.15, 0.2) is 24.3 Å². The molecule has 2 unspecified atom stereocenters. The topological polar surface area (TPSA) is 61.4 Å². The van der Waals surface area contributed by atoms with E-state index in [0.717, 1.165) is 19.3 Å². The molecular weight excluding hydrogens is 285 g/mol. The van der Waals surface area contributed by atoms with Crippen molar-refractivity contribution < 1.29 is 14.0 Å². The Balaban J connectivity index is 1.67. The molecule has 1 aromatic rings. The lowest BCUT2D eigenvalue weighted by Gasteiger charge is -2.39. The average molecular weight is 305 g/mol. The van der Waals surface area contributed by atoms with E-state index in [-0.39, 0.29) is 36.1 Å². The Morgan fingerprint density at radius 3 is 2.91 bits per heavy atom. The highest BCUT2D eigenvalue weighted by Gasteiger charge is 2.35. The van der Waals surface area contributed by atoms with Gasteiger partial charge in [0.15, 0.2) is 0 Å². The van der Waals surface area contributed by atoms with Crippen molar-refractivity contribution >= 4 is 17.5 Å². The molecular formula is C16H20FN3O2. The van der Waals surface area contributed by atoms with Gasteiger partial charge in [-0.2, -0.15) is 0 Å². The Bertz CT molecular complexity index is 578. The van der Waals surface area contributed by atoms with Gasteiger partial charge in [-0.15, -0.1) is 0 Å². The Labute approximate surface area is 128 Å². The molecule has 2 N–H and O–H groups in total. The van der Waals surface area contributed by atoms with E-state index in [0.29, 0.717) is 13.0 Å². The molecule has 0 saturated carbocycles. The first kappa shape index (κ1) is 15.0. The minimum Gasteiger partial charge on any atom is -0.354 e. The van der Waals surface area contributed by atoms with Crippen LogP contribution in [0, 0.1) is 5.82 Å². The largest absolute Gasteiger partial charge is 0.354 e. The number of anilines is 1. The van der Waals surface area contributed by atoms with Crippen LogP contribution in [0.2, 0.25) is 0 Å². The Kier molecular flexibility index (Phi) is 4.38. The lowest BCUT2D eigenvalue weighted by molar-refractivity contribution is -0.122. The monoisotopic (exact) mass is 305 g/mol. The molecule has 22 heavy (non-hydrogen) atoms. The summed E-state index contributed by atoms with van der Waals surface area (Å²) in [6.45, 7) is 0.779. The molecule has 6 heteroatoms. The molecule has 0 radical (unpaired) electrons. The van der Waals surface area contributed by atoms with Gasteiger partial charge in [0.05, 0.1) is 12.2 Å². The number of hydrogen-bond donors (Lipinski definition) is 2. The number of piperidine rings is 1. The van der Waals surface area contributed by atoms with Crippen LogP contribution >= 0.6 is 0 Å². The van der Waals surface area contributed by atoms with Crippen LogP contribution in [-0.4, -0.2) is 41.9 Å². The predicted octanol–water partition coefficient (Wildman–Crippen LogP) is 1.51. The van der Waals surface area contributed by atoms with Gasteiger partial charge in [0.2, 0.25) is 11.8 Å². The highest BCUT2D eigenvalue weighted by atomic mass is 19.1. The fourth-order valence-electron chi connectivity index (χ4n) is 3.35. The first-order valence-electron chi connectivity index (χ1n) is 7.70. The average Bonchev–Trinajstić information content (AvgIpc) is 2.57. The summed E-state index contributed by atoms with van der Waals surface area (Å²) in [5.41, 5.74) is 0.196. The van der Waals surface area contributed by atoms with Crippen molar-refractivity contribution in [1.29, 1.82) is 0 Å². The maximum atomic E-state index is 13.6. The van der Waals surface area contributed by atoms with Crippen LogP contribution < -0.4 is 10.6 Å². The molecule has 118 valence electrons. The zero-order valence-corrected chi connectivity index (χ0v) is 12.3. The molecule has 2 heterocycles. The zero-order valence-electron chi connectivity index (χ0n) is 12.3. The Hall–Kier alpha value is -1.95. The molecule has 5 nitrogen and oxygen atoms in total. The molecule has 2 atom stereocenters. The van der Waals surface area contributed by atoms with Crippen LogP contribution in [-0.2, 0) is 9.59 Å². The van der Waals surface area contributed by atoms with E-state index >= 15 is 0 Å². The van der Waals surface area contributed by atoms with E-state index in [4.69, 9.17) is 0 Å². The number of carbonyl (C=O) groups is 2. The number of nitrogens with zero attached hydrogens (tertiary/aromatic N) is 1. The van der Waals surface area contributed by atoms with Crippen molar-refractivity contribution in [3.63, 3.8) is 0 Å². The van der Waals surface area contributed by atoms with Crippen molar-refractivity contribution in [3.05, 3.63) is 30.1 Å². The second kappa shape index (κ2) is 6.44. The third-order valence-corrected chi connectivity index (χ3v) is 4.44. The summed E-state index contributed by atoms with van der Waals surface area (Å²) in [7, 11) is 0. The molecule has 2 amide bonds. The predicted molar refractivity (Wildman–Crippen MR) is 80.8 cm³/mol. The first-order chi connectivity index (χ1) is 10.6. The van der Waals surface area contributed by atoms with Crippen LogP contribution in [0.4, 0.5) is 10.1 Å². The minimum absolute atomic E-state index is 0.0499. The Morgan fingerprint density at radius 1 is 1.32 bits per heavy atom. The van der Waals surface area contributed by atoms with Crippen LogP contribution in [0.1, 0.15) is 25.7 Å². The van der Waals surface area contributed by atoms with E-state index in [1.807, 2.05) is 0 Å². The van der Waals surface area contributed by atoms with Gasteiger partial charge in [-0.05, 0) is 25.0 Å². The van der Waals surface area contributed by atoms with Crippen molar-refractivity contribution in [2.45, 2.75) is 37.8 Å². The number of carbonyl (C=O) groups excluding carboxylic acids is 2. The summed E-state index contributed by atoms with van der Waals surface area (Å²) < 4.78 is 13.6. The molecule has 0 spiro atoms. The van der Waals surface area contributed by atoms with Gasteiger partial charge < -0.3 is 10.6 Å². The SMILES string of the molecule is O=C1CC2CCCC(CN1)N2CC(=O)Nc1ccccc1F. The summed E-state index contributed by atoms with van der Waals surface area (Å²) >= 11 is 0. The number of rotatable bonds is 3. The summed E-state index contributed by atoms with van der Waals surface area (Å²) in [5, 5.41) is 5.52. The number of hydrogen-bond acceptors (Lipinski definition) is 3. The van der Waals surface area contributed by atoms with Crippen molar-refractivity contribution in [1.82, 2.24) is 10.2 Å². The second-order valence-electron chi connectivity index (χ2n) is 5.95. The van der Waals surface area contributed by atoms with E-state index in [2.05, 4.69) is 15.5 Å². The van der Waals surface area contributed by atoms with Crippen molar-refractivity contribution in [2.75, 3.05) is 18.4 Å². The molecule has 2 bridgehead atoms. The standard InChI is InChI=1S/C16H20FN3O2/c17-13-6-1-2-7-14(13)19-16(22)10-20-11-4-3-5-12(20)9-18-15(21)8-11/h1-2,6-7,11-12H,3-5,8-10H2,(H,18,21)(H,19,22). The number of fused-ring (bicyclic) bond motifs is 2. The van der Waals surface area contributed by atoms with Gasteiger partial charge in [0.25, 0.3) is 0 Å². The normalized spacial score (nSPS) is 25.2. The summed E-state index contributed by atoms with van der Waals surface area (Å²) in [5.74, 6) is -0.631.